The molecule has 0 heterocycles. The van der Waals surface area contributed by atoms with Gasteiger partial charge in [-0.1, -0.05) is 65.5 Å². The first-order valence-corrected chi connectivity index (χ1v) is 13.0. The van der Waals surface area contributed by atoms with Crippen molar-refractivity contribution >= 4 is 11.6 Å². The Balaban J connectivity index is 1.49. The summed E-state index contributed by atoms with van der Waals surface area (Å²) in [4.78, 5) is 0. The summed E-state index contributed by atoms with van der Waals surface area (Å²) in [6, 6.07) is 0. The van der Waals surface area contributed by atoms with Crippen LogP contribution in [0.3, 0.4) is 0 Å². The molecule has 0 spiro atoms. The van der Waals surface area contributed by atoms with Crippen LogP contribution in [-0.2, 0) is 0 Å². The van der Waals surface area contributed by atoms with Crippen molar-refractivity contribution in [2.24, 2.45) is 46.3 Å². The Morgan fingerprint density at radius 3 is 2.54 bits per heavy atom. The van der Waals surface area contributed by atoms with Crippen LogP contribution in [-0.4, -0.2) is 5.38 Å². The van der Waals surface area contributed by atoms with Crippen LogP contribution in [0.2, 0.25) is 0 Å². The third-order valence-corrected chi connectivity index (χ3v) is 10.6. The first-order chi connectivity index (χ1) is 13.3. The van der Waals surface area contributed by atoms with E-state index in [4.69, 9.17) is 11.6 Å². The molecular formula is C27H45Cl. The van der Waals surface area contributed by atoms with Gasteiger partial charge in [0.15, 0.2) is 0 Å². The fourth-order valence-corrected chi connectivity index (χ4v) is 8.92. The summed E-state index contributed by atoms with van der Waals surface area (Å²) < 4.78 is 0. The number of hydrogen-bond acceptors (Lipinski definition) is 0. The van der Waals surface area contributed by atoms with Crippen LogP contribution >= 0.6 is 11.6 Å². The molecule has 4 rings (SSSR count). The molecule has 3 fully saturated rings. The van der Waals surface area contributed by atoms with E-state index in [1.54, 1.807) is 5.57 Å². The summed E-state index contributed by atoms with van der Waals surface area (Å²) in [5.74, 6) is 5.62. The molecular weight excluding hydrogens is 360 g/mol. The molecule has 0 bridgehead atoms. The zero-order valence-electron chi connectivity index (χ0n) is 19.3. The van der Waals surface area contributed by atoms with Crippen molar-refractivity contribution in [3.63, 3.8) is 0 Å². The summed E-state index contributed by atoms with van der Waals surface area (Å²) in [5.41, 5.74) is 2.82. The van der Waals surface area contributed by atoms with E-state index in [1.807, 2.05) is 0 Å². The molecule has 0 nitrogen and oxygen atoms in total. The van der Waals surface area contributed by atoms with Crippen molar-refractivity contribution in [1.82, 2.24) is 0 Å². The number of rotatable bonds is 5. The van der Waals surface area contributed by atoms with Crippen molar-refractivity contribution in [3.8, 4) is 0 Å². The number of allylic oxidation sites excluding steroid dienone is 2. The smallest absolute Gasteiger partial charge is 0.0373 e. The Bertz CT molecular complexity index is 591. The highest BCUT2D eigenvalue weighted by atomic mass is 35.5. The van der Waals surface area contributed by atoms with E-state index in [1.165, 1.54) is 70.6 Å². The fraction of sp³-hybridized carbons (Fsp3) is 0.926. The molecule has 2 unspecified atom stereocenters. The summed E-state index contributed by atoms with van der Waals surface area (Å²) in [5, 5.41) is 0.396. The van der Waals surface area contributed by atoms with Crippen molar-refractivity contribution in [2.75, 3.05) is 0 Å². The van der Waals surface area contributed by atoms with Crippen LogP contribution in [0, 0.1) is 46.3 Å². The van der Waals surface area contributed by atoms with E-state index >= 15 is 0 Å². The second-order valence-corrected chi connectivity index (χ2v) is 12.7. The van der Waals surface area contributed by atoms with Gasteiger partial charge in [0.25, 0.3) is 0 Å². The molecule has 160 valence electrons. The molecule has 0 radical (unpaired) electrons. The van der Waals surface area contributed by atoms with Crippen LogP contribution in [0.5, 0.6) is 0 Å². The van der Waals surface area contributed by atoms with E-state index in [0.29, 0.717) is 16.2 Å². The van der Waals surface area contributed by atoms with Crippen molar-refractivity contribution < 1.29 is 0 Å². The molecule has 4 aliphatic rings. The van der Waals surface area contributed by atoms with E-state index in [2.05, 4.69) is 40.7 Å². The lowest BCUT2D eigenvalue weighted by Crippen LogP contribution is -2.50. The lowest BCUT2D eigenvalue weighted by molar-refractivity contribution is -0.0498. The van der Waals surface area contributed by atoms with E-state index in [9.17, 15) is 0 Å². The SMILES string of the molecule is CC(C)CCC[C@@H](C)C1CC[C@H]2[C@@H]3CC=C4C[C@@H](Cl)CC[C@]4(C)C3CC[C@]12C. The summed E-state index contributed by atoms with van der Waals surface area (Å²) in [6.45, 7) is 12.7. The Labute approximate surface area is 180 Å². The maximum absolute atomic E-state index is 6.56. The maximum Gasteiger partial charge on any atom is 0.0373 e. The summed E-state index contributed by atoms with van der Waals surface area (Å²) in [7, 11) is 0. The molecule has 3 saturated carbocycles. The Morgan fingerprint density at radius 2 is 1.79 bits per heavy atom. The lowest BCUT2D eigenvalue weighted by Gasteiger charge is -2.58. The number of halogens is 1. The Hall–Kier alpha value is 0.0300. The van der Waals surface area contributed by atoms with Gasteiger partial charge in [-0.3, -0.25) is 0 Å². The van der Waals surface area contributed by atoms with Gasteiger partial charge < -0.3 is 0 Å². The monoisotopic (exact) mass is 404 g/mol. The maximum atomic E-state index is 6.56. The normalized spacial score (nSPS) is 46.5. The van der Waals surface area contributed by atoms with Gasteiger partial charge in [-0.05, 0) is 97.7 Å². The molecule has 0 aromatic carbocycles. The summed E-state index contributed by atoms with van der Waals surface area (Å²) in [6.07, 6.45) is 18.0. The first-order valence-electron chi connectivity index (χ1n) is 12.6. The van der Waals surface area contributed by atoms with Crippen LogP contribution in [0.15, 0.2) is 11.6 Å². The number of hydrogen-bond donors (Lipinski definition) is 0. The third kappa shape index (κ3) is 3.52. The molecule has 0 amide bonds. The van der Waals surface area contributed by atoms with Crippen LogP contribution in [0.4, 0.5) is 0 Å². The van der Waals surface area contributed by atoms with Crippen molar-refractivity contribution in [2.45, 2.75) is 111 Å². The molecule has 4 aliphatic carbocycles. The zero-order valence-corrected chi connectivity index (χ0v) is 20.0. The Morgan fingerprint density at radius 1 is 1.00 bits per heavy atom. The minimum atomic E-state index is 0.396. The second kappa shape index (κ2) is 7.94. The molecule has 0 aromatic rings. The average Bonchev–Trinajstić information content (AvgIpc) is 2.99. The first kappa shape index (κ1) is 21.3. The highest BCUT2D eigenvalue weighted by Crippen LogP contribution is 2.67. The van der Waals surface area contributed by atoms with Crippen molar-refractivity contribution in [1.29, 1.82) is 0 Å². The average molecular weight is 405 g/mol. The van der Waals surface area contributed by atoms with Gasteiger partial charge in [0.1, 0.15) is 0 Å². The minimum absolute atomic E-state index is 0.396. The quantitative estimate of drug-likeness (QED) is 0.317. The lowest BCUT2D eigenvalue weighted by atomic mass is 9.47. The van der Waals surface area contributed by atoms with Gasteiger partial charge in [0, 0.05) is 5.38 Å². The number of fused-ring (bicyclic) bond motifs is 5. The largest absolute Gasteiger partial charge is 0.123 e. The molecule has 1 heteroatoms. The van der Waals surface area contributed by atoms with Gasteiger partial charge in [0.05, 0.1) is 0 Å². The van der Waals surface area contributed by atoms with E-state index in [0.717, 1.165) is 35.5 Å². The van der Waals surface area contributed by atoms with Gasteiger partial charge in [-0.2, -0.15) is 0 Å². The predicted octanol–water partition coefficient (Wildman–Crippen LogP) is 8.64. The Kier molecular flexibility index (Phi) is 6.03. The summed E-state index contributed by atoms with van der Waals surface area (Å²) >= 11 is 6.56. The zero-order chi connectivity index (χ0) is 20.1. The predicted molar refractivity (Wildman–Crippen MR) is 123 cm³/mol. The molecule has 0 saturated heterocycles. The highest BCUT2D eigenvalue weighted by molar-refractivity contribution is 6.20. The molecule has 8 atom stereocenters. The second-order valence-electron chi connectivity index (χ2n) is 12.1. The highest BCUT2D eigenvalue weighted by Gasteiger charge is 2.58. The molecule has 0 aliphatic heterocycles. The molecule has 0 N–H and O–H groups in total. The van der Waals surface area contributed by atoms with E-state index in [-0.39, 0.29) is 0 Å². The fourth-order valence-electron chi connectivity index (χ4n) is 8.64. The van der Waals surface area contributed by atoms with Crippen molar-refractivity contribution in [3.05, 3.63) is 11.6 Å². The van der Waals surface area contributed by atoms with Crippen LogP contribution in [0.25, 0.3) is 0 Å². The molecule has 0 aromatic heterocycles. The number of alkyl halides is 1. The third-order valence-electron chi connectivity index (χ3n) is 10.2. The topological polar surface area (TPSA) is 0 Å². The standard InChI is InChI=1S/C27H45Cl/c1-18(2)7-6-8-19(3)23-11-12-24-22-10-9-20-17-21(28)13-15-26(20,4)25(22)14-16-27(23,24)5/h9,18-19,21-25H,6-8,10-17H2,1-5H3/t19-,21+,22+,23?,24+,25?,26+,27-/m1/s1. The van der Waals surface area contributed by atoms with Crippen LogP contribution in [0.1, 0.15) is 105 Å². The molecule has 28 heavy (non-hydrogen) atoms. The van der Waals surface area contributed by atoms with Gasteiger partial charge in [-0.25, -0.2) is 0 Å². The van der Waals surface area contributed by atoms with E-state index < -0.39 is 0 Å². The minimum Gasteiger partial charge on any atom is -0.123 e. The van der Waals surface area contributed by atoms with Gasteiger partial charge in [-0.15, -0.1) is 11.6 Å². The van der Waals surface area contributed by atoms with Crippen LogP contribution < -0.4 is 0 Å². The van der Waals surface area contributed by atoms with Gasteiger partial charge >= 0.3 is 0 Å². The van der Waals surface area contributed by atoms with Gasteiger partial charge in [0.2, 0.25) is 0 Å².